The summed E-state index contributed by atoms with van der Waals surface area (Å²) >= 11 is 6.48. The van der Waals surface area contributed by atoms with Gasteiger partial charge in [-0.2, -0.15) is 0 Å². The second kappa shape index (κ2) is 8.02. The van der Waals surface area contributed by atoms with Crippen molar-refractivity contribution in [2.75, 3.05) is 24.6 Å². The smallest absolute Gasteiger partial charge is 0.0642 e. The maximum atomic E-state index is 9.12. The van der Waals surface area contributed by atoms with E-state index in [4.69, 9.17) is 16.7 Å². The Balaban J connectivity index is 2.02. The lowest BCUT2D eigenvalue weighted by Gasteiger charge is -2.35. The number of halogens is 1. The number of aliphatic hydroxyl groups excluding tert-OH is 1. The fraction of sp³-hybridized carbons (Fsp3) is 0.647. The molecule has 4 heteroatoms. The number of piperidine rings is 1. The summed E-state index contributed by atoms with van der Waals surface area (Å²) < 4.78 is 0. The number of rotatable bonds is 6. The highest BCUT2D eigenvalue weighted by molar-refractivity contribution is 6.33. The van der Waals surface area contributed by atoms with Crippen LogP contribution in [0.15, 0.2) is 18.2 Å². The Bertz CT molecular complexity index is 448. The Kier molecular flexibility index (Phi) is 6.34. The van der Waals surface area contributed by atoms with Gasteiger partial charge in [-0.25, -0.2) is 0 Å². The zero-order valence-corrected chi connectivity index (χ0v) is 13.9. The van der Waals surface area contributed by atoms with Gasteiger partial charge in [0.25, 0.3) is 0 Å². The minimum Gasteiger partial charge on any atom is -0.396 e. The summed E-state index contributed by atoms with van der Waals surface area (Å²) in [5, 5.41) is 13.4. The SMILES string of the molecule is CC(C)NCc1ccc(N2CCCC(CCO)C2)c(Cl)c1. The molecule has 0 bridgehead atoms. The largest absolute Gasteiger partial charge is 0.396 e. The van der Waals surface area contributed by atoms with Crippen molar-refractivity contribution in [1.82, 2.24) is 5.32 Å². The van der Waals surface area contributed by atoms with Crippen LogP contribution in [0.4, 0.5) is 5.69 Å². The molecule has 1 aliphatic heterocycles. The summed E-state index contributed by atoms with van der Waals surface area (Å²) in [6.45, 7) is 7.49. The Hall–Kier alpha value is -0.770. The molecule has 1 unspecified atom stereocenters. The minimum atomic E-state index is 0.284. The van der Waals surface area contributed by atoms with Gasteiger partial charge in [0.1, 0.15) is 0 Å². The molecule has 3 nitrogen and oxygen atoms in total. The molecule has 2 N–H and O–H groups in total. The first-order valence-corrected chi connectivity index (χ1v) is 8.35. The molecule has 1 aliphatic rings. The van der Waals surface area contributed by atoms with Gasteiger partial charge in [0, 0.05) is 32.3 Å². The first-order chi connectivity index (χ1) is 10.1. The number of hydrogen-bond donors (Lipinski definition) is 2. The summed E-state index contributed by atoms with van der Waals surface area (Å²) in [6.07, 6.45) is 3.28. The average molecular weight is 311 g/mol. The standard InChI is InChI=1S/C17H27ClN2O/c1-13(2)19-11-15-5-6-17(16(18)10-15)20-8-3-4-14(12-20)7-9-21/h5-6,10,13-14,19,21H,3-4,7-9,11-12H2,1-2H3. The quantitative estimate of drug-likeness (QED) is 0.845. The van der Waals surface area contributed by atoms with Crippen LogP contribution in [-0.4, -0.2) is 30.8 Å². The summed E-state index contributed by atoms with van der Waals surface area (Å²) in [5.74, 6) is 0.585. The molecule has 0 spiro atoms. The van der Waals surface area contributed by atoms with Crippen molar-refractivity contribution in [3.05, 3.63) is 28.8 Å². The average Bonchev–Trinajstić information content (AvgIpc) is 2.46. The van der Waals surface area contributed by atoms with Gasteiger partial charge in [0.05, 0.1) is 10.7 Å². The second-order valence-corrected chi connectivity index (χ2v) is 6.70. The topological polar surface area (TPSA) is 35.5 Å². The summed E-state index contributed by atoms with van der Waals surface area (Å²) in [4.78, 5) is 2.37. The van der Waals surface area contributed by atoms with Crippen LogP contribution in [0.1, 0.15) is 38.7 Å². The maximum absolute atomic E-state index is 9.12. The zero-order chi connectivity index (χ0) is 15.2. The van der Waals surface area contributed by atoms with Crippen molar-refractivity contribution in [2.45, 2.75) is 45.7 Å². The van der Waals surface area contributed by atoms with Gasteiger partial charge in [0.15, 0.2) is 0 Å². The number of aliphatic hydroxyl groups is 1. The van der Waals surface area contributed by atoms with Crippen LogP contribution in [0, 0.1) is 5.92 Å². The fourth-order valence-electron chi connectivity index (χ4n) is 2.94. The van der Waals surface area contributed by atoms with E-state index in [0.29, 0.717) is 12.0 Å². The van der Waals surface area contributed by atoms with Crippen LogP contribution in [-0.2, 0) is 6.54 Å². The van der Waals surface area contributed by atoms with E-state index in [2.05, 4.69) is 42.3 Å². The lowest BCUT2D eigenvalue weighted by Crippen LogP contribution is -2.36. The maximum Gasteiger partial charge on any atom is 0.0642 e. The third kappa shape index (κ3) is 4.87. The van der Waals surface area contributed by atoms with E-state index in [1.54, 1.807) is 0 Å². The van der Waals surface area contributed by atoms with Crippen LogP contribution in [0.5, 0.6) is 0 Å². The van der Waals surface area contributed by atoms with E-state index in [9.17, 15) is 0 Å². The van der Waals surface area contributed by atoms with E-state index >= 15 is 0 Å². The molecule has 21 heavy (non-hydrogen) atoms. The summed E-state index contributed by atoms with van der Waals surface area (Å²) in [5.41, 5.74) is 2.36. The molecule has 1 heterocycles. The molecular weight excluding hydrogens is 284 g/mol. The molecule has 0 amide bonds. The van der Waals surface area contributed by atoms with E-state index < -0.39 is 0 Å². The third-order valence-corrected chi connectivity index (χ3v) is 4.43. The van der Waals surface area contributed by atoms with E-state index in [1.807, 2.05) is 0 Å². The highest BCUT2D eigenvalue weighted by Crippen LogP contribution is 2.31. The van der Waals surface area contributed by atoms with Gasteiger partial charge in [0.2, 0.25) is 0 Å². The Morgan fingerprint density at radius 2 is 2.24 bits per heavy atom. The van der Waals surface area contributed by atoms with Crippen LogP contribution in [0.2, 0.25) is 5.02 Å². The van der Waals surface area contributed by atoms with Crippen molar-refractivity contribution in [2.24, 2.45) is 5.92 Å². The third-order valence-electron chi connectivity index (χ3n) is 4.12. The highest BCUT2D eigenvalue weighted by atomic mass is 35.5. The molecule has 1 aromatic rings. The van der Waals surface area contributed by atoms with E-state index in [0.717, 1.165) is 36.8 Å². The molecular formula is C17H27ClN2O. The van der Waals surface area contributed by atoms with E-state index in [1.165, 1.54) is 18.4 Å². The van der Waals surface area contributed by atoms with Crippen LogP contribution < -0.4 is 10.2 Å². The fourth-order valence-corrected chi connectivity index (χ4v) is 3.26. The molecule has 1 atom stereocenters. The van der Waals surface area contributed by atoms with Crippen molar-refractivity contribution in [3.8, 4) is 0 Å². The number of hydrogen-bond acceptors (Lipinski definition) is 3. The van der Waals surface area contributed by atoms with Crippen molar-refractivity contribution in [1.29, 1.82) is 0 Å². The predicted octanol–water partition coefficient (Wildman–Crippen LogP) is 3.44. The Labute approximate surface area is 133 Å². The Morgan fingerprint density at radius 1 is 1.43 bits per heavy atom. The van der Waals surface area contributed by atoms with Gasteiger partial charge in [-0.1, -0.05) is 31.5 Å². The first kappa shape index (κ1) is 16.6. The van der Waals surface area contributed by atoms with E-state index in [-0.39, 0.29) is 6.61 Å². The molecule has 2 rings (SSSR count). The van der Waals surface area contributed by atoms with Gasteiger partial charge in [-0.3, -0.25) is 0 Å². The number of nitrogens with one attached hydrogen (secondary N) is 1. The number of anilines is 1. The second-order valence-electron chi connectivity index (χ2n) is 6.29. The van der Waals surface area contributed by atoms with Crippen molar-refractivity contribution in [3.63, 3.8) is 0 Å². The monoisotopic (exact) mass is 310 g/mol. The van der Waals surface area contributed by atoms with Crippen molar-refractivity contribution >= 4 is 17.3 Å². The highest BCUT2D eigenvalue weighted by Gasteiger charge is 2.21. The molecule has 1 saturated heterocycles. The number of nitrogens with zero attached hydrogens (tertiary/aromatic N) is 1. The summed E-state index contributed by atoms with van der Waals surface area (Å²) in [6, 6.07) is 6.85. The molecule has 0 aromatic heterocycles. The molecule has 0 saturated carbocycles. The van der Waals surface area contributed by atoms with Crippen LogP contribution in [0.25, 0.3) is 0 Å². The predicted molar refractivity (Wildman–Crippen MR) is 90.1 cm³/mol. The normalized spacial score (nSPS) is 19.3. The van der Waals surface area contributed by atoms with Crippen LogP contribution in [0.3, 0.4) is 0 Å². The molecule has 118 valence electrons. The molecule has 0 radical (unpaired) electrons. The molecule has 0 aliphatic carbocycles. The van der Waals surface area contributed by atoms with Crippen LogP contribution >= 0.6 is 11.6 Å². The van der Waals surface area contributed by atoms with Crippen molar-refractivity contribution < 1.29 is 5.11 Å². The molecule has 1 aromatic carbocycles. The lowest BCUT2D eigenvalue weighted by atomic mass is 9.94. The number of benzene rings is 1. The zero-order valence-electron chi connectivity index (χ0n) is 13.1. The Morgan fingerprint density at radius 3 is 2.90 bits per heavy atom. The van der Waals surface area contributed by atoms with Gasteiger partial charge in [-0.05, 0) is 42.9 Å². The van der Waals surface area contributed by atoms with Gasteiger partial charge < -0.3 is 15.3 Å². The summed E-state index contributed by atoms with van der Waals surface area (Å²) in [7, 11) is 0. The minimum absolute atomic E-state index is 0.284. The lowest BCUT2D eigenvalue weighted by molar-refractivity contribution is 0.244. The first-order valence-electron chi connectivity index (χ1n) is 7.97. The van der Waals surface area contributed by atoms with Gasteiger partial charge in [-0.15, -0.1) is 0 Å². The van der Waals surface area contributed by atoms with Gasteiger partial charge >= 0.3 is 0 Å². The molecule has 1 fully saturated rings.